The number of H-pyrrole nitrogens is 1. The summed E-state index contributed by atoms with van der Waals surface area (Å²) in [6, 6.07) is 6.83. The zero-order chi connectivity index (χ0) is 17.8. The number of aromatic amines is 1. The van der Waals surface area contributed by atoms with Crippen LogP contribution in [0.15, 0.2) is 40.2 Å². The average Bonchev–Trinajstić information content (AvgIpc) is 3.32. The Bertz CT molecular complexity index is 964. The molecule has 134 valence electrons. The lowest BCUT2D eigenvalue weighted by molar-refractivity contribution is -0.385. The van der Waals surface area contributed by atoms with E-state index in [0.29, 0.717) is 22.6 Å². The van der Waals surface area contributed by atoms with E-state index in [1.54, 1.807) is 12.1 Å². The Morgan fingerprint density at radius 1 is 1.23 bits per heavy atom. The molecule has 2 bridgehead atoms. The molecular formula is C19H18N2O3S2. The van der Waals surface area contributed by atoms with Crippen molar-refractivity contribution in [3.05, 3.63) is 60.6 Å². The van der Waals surface area contributed by atoms with E-state index in [4.69, 9.17) is 0 Å². The van der Waals surface area contributed by atoms with Crippen LogP contribution in [0.25, 0.3) is 6.08 Å². The van der Waals surface area contributed by atoms with Crippen molar-refractivity contribution in [3.8, 4) is 0 Å². The molecule has 1 aliphatic heterocycles. The molecule has 0 radical (unpaired) electrons. The summed E-state index contributed by atoms with van der Waals surface area (Å²) in [7, 11) is 0. The lowest BCUT2D eigenvalue weighted by atomic mass is 9.77. The van der Waals surface area contributed by atoms with Crippen LogP contribution in [0.1, 0.15) is 35.6 Å². The molecule has 0 unspecified atom stereocenters. The molecular weight excluding hydrogens is 368 g/mol. The number of nitro groups is 1. The van der Waals surface area contributed by atoms with E-state index in [9.17, 15) is 14.9 Å². The minimum atomic E-state index is -0.336. The first-order chi connectivity index (χ1) is 12.6. The number of rotatable bonds is 3. The van der Waals surface area contributed by atoms with E-state index in [0.717, 1.165) is 15.8 Å². The second-order valence-corrected chi connectivity index (χ2v) is 9.60. The van der Waals surface area contributed by atoms with Crippen molar-refractivity contribution in [2.45, 2.75) is 35.5 Å². The lowest BCUT2D eigenvalue weighted by Crippen LogP contribution is -2.32. The minimum absolute atomic E-state index is 0.00101. The fourth-order valence-corrected chi connectivity index (χ4v) is 7.98. The van der Waals surface area contributed by atoms with E-state index in [1.807, 2.05) is 23.9 Å². The number of aromatic nitrogens is 1. The van der Waals surface area contributed by atoms with Gasteiger partial charge in [-0.2, -0.15) is 0 Å². The van der Waals surface area contributed by atoms with Gasteiger partial charge in [0, 0.05) is 22.1 Å². The molecule has 0 saturated heterocycles. The molecule has 7 heteroatoms. The average molecular weight is 386 g/mol. The number of nitrogens with one attached hydrogen (secondary N) is 1. The number of thiazole rings is 1. The zero-order valence-electron chi connectivity index (χ0n) is 14.0. The van der Waals surface area contributed by atoms with Crippen LogP contribution >= 0.6 is 23.1 Å². The van der Waals surface area contributed by atoms with E-state index in [-0.39, 0.29) is 21.4 Å². The molecule has 2 aromatic rings. The molecule has 1 N–H and O–H groups in total. The summed E-state index contributed by atoms with van der Waals surface area (Å²) < 4.78 is 0. The van der Waals surface area contributed by atoms with Crippen LogP contribution in [0, 0.1) is 27.9 Å². The molecule has 26 heavy (non-hydrogen) atoms. The second-order valence-electron chi connectivity index (χ2n) is 7.40. The van der Waals surface area contributed by atoms with Gasteiger partial charge in [-0.25, -0.2) is 0 Å². The van der Waals surface area contributed by atoms with Gasteiger partial charge in [-0.15, -0.1) is 11.8 Å². The van der Waals surface area contributed by atoms with Crippen molar-refractivity contribution >= 4 is 34.9 Å². The van der Waals surface area contributed by atoms with E-state index >= 15 is 0 Å². The van der Waals surface area contributed by atoms with Gasteiger partial charge in [0.1, 0.15) is 0 Å². The number of hydrogen-bond acceptors (Lipinski definition) is 5. The Balaban J connectivity index is 1.56. The molecule has 2 heterocycles. The number of hydrogen-bond donors (Lipinski definition) is 1. The minimum Gasteiger partial charge on any atom is -0.307 e. The lowest BCUT2D eigenvalue weighted by Gasteiger charge is -2.38. The van der Waals surface area contributed by atoms with Crippen molar-refractivity contribution < 1.29 is 4.92 Å². The third-order valence-electron chi connectivity index (χ3n) is 6.13. The van der Waals surface area contributed by atoms with Crippen molar-refractivity contribution in [2.75, 3.05) is 0 Å². The molecule has 0 amide bonds. The van der Waals surface area contributed by atoms with Crippen molar-refractivity contribution in [3.63, 3.8) is 0 Å². The summed E-state index contributed by atoms with van der Waals surface area (Å²) >= 11 is 3.16. The summed E-state index contributed by atoms with van der Waals surface area (Å²) in [5, 5.41) is 12.9. The highest BCUT2D eigenvalue weighted by atomic mass is 32.2. The summed E-state index contributed by atoms with van der Waals surface area (Å²) in [6.07, 6.45) is 7.86. The highest BCUT2D eigenvalue weighted by Crippen LogP contribution is 2.62. The molecule has 3 aliphatic rings. The van der Waals surface area contributed by atoms with Gasteiger partial charge >= 0.3 is 4.87 Å². The van der Waals surface area contributed by atoms with Gasteiger partial charge in [-0.05, 0) is 43.1 Å². The maximum atomic E-state index is 12.0. The van der Waals surface area contributed by atoms with Gasteiger partial charge in [0.05, 0.1) is 15.5 Å². The Morgan fingerprint density at radius 2 is 2.04 bits per heavy atom. The van der Waals surface area contributed by atoms with Gasteiger partial charge in [0.25, 0.3) is 5.69 Å². The van der Waals surface area contributed by atoms with Gasteiger partial charge < -0.3 is 4.98 Å². The van der Waals surface area contributed by atoms with Crippen LogP contribution in [0.5, 0.6) is 0 Å². The Morgan fingerprint density at radius 3 is 2.88 bits per heavy atom. The van der Waals surface area contributed by atoms with Gasteiger partial charge in [0.15, 0.2) is 0 Å². The number of allylic oxidation sites excluding steroid dienone is 1. The highest BCUT2D eigenvalue weighted by molar-refractivity contribution is 8.00. The van der Waals surface area contributed by atoms with Crippen LogP contribution in [-0.4, -0.2) is 15.2 Å². The first-order valence-corrected chi connectivity index (χ1v) is 10.6. The third kappa shape index (κ3) is 2.48. The van der Waals surface area contributed by atoms with E-state index < -0.39 is 0 Å². The first kappa shape index (κ1) is 16.3. The maximum absolute atomic E-state index is 12.0. The number of nitro benzene ring substituents is 1. The third-order valence-corrected chi connectivity index (χ3v) is 8.77. The topological polar surface area (TPSA) is 76.0 Å². The Kier molecular flexibility index (Phi) is 3.83. The van der Waals surface area contributed by atoms with Crippen LogP contribution in [0.4, 0.5) is 5.69 Å². The summed E-state index contributed by atoms with van der Waals surface area (Å²) in [5.74, 6) is 2.17. The maximum Gasteiger partial charge on any atom is 0.305 e. The summed E-state index contributed by atoms with van der Waals surface area (Å²) in [4.78, 5) is 27.0. The van der Waals surface area contributed by atoms with Gasteiger partial charge in [-0.1, -0.05) is 35.6 Å². The van der Waals surface area contributed by atoms with Crippen LogP contribution < -0.4 is 4.87 Å². The number of nitrogens with zero attached hydrogens (tertiary/aromatic N) is 1. The SMILES string of the molecule is O=c1[nH]c2c(s1)[C@H](/C=C/c1ccccc1[N+](=O)[O-])[C@H]1[C@H]3CC[C@@H](C3)[C@@H]1S2. The summed E-state index contributed by atoms with van der Waals surface area (Å²) in [6.45, 7) is 0. The highest BCUT2D eigenvalue weighted by Gasteiger charge is 2.53. The van der Waals surface area contributed by atoms with Crippen LogP contribution in [0.3, 0.4) is 0 Å². The number of fused-ring (bicyclic) bond motifs is 6. The van der Waals surface area contributed by atoms with Gasteiger partial charge in [-0.3, -0.25) is 14.9 Å². The molecule has 5 atom stereocenters. The molecule has 5 rings (SSSR count). The predicted octanol–water partition coefficient (Wildman–Crippen LogP) is 4.66. The van der Waals surface area contributed by atoms with E-state index in [2.05, 4.69) is 11.1 Å². The molecule has 1 aromatic carbocycles. The van der Waals surface area contributed by atoms with E-state index in [1.165, 1.54) is 36.7 Å². The molecule has 2 fully saturated rings. The van der Waals surface area contributed by atoms with Crippen molar-refractivity contribution in [1.29, 1.82) is 0 Å². The fraction of sp³-hybridized carbons (Fsp3) is 0.421. The normalized spacial score (nSPS) is 31.9. The predicted molar refractivity (Wildman–Crippen MR) is 104 cm³/mol. The Labute approximate surface area is 158 Å². The largest absolute Gasteiger partial charge is 0.307 e. The van der Waals surface area contributed by atoms with Crippen LogP contribution in [0.2, 0.25) is 0 Å². The smallest absolute Gasteiger partial charge is 0.305 e. The second kappa shape index (κ2) is 6.09. The van der Waals surface area contributed by atoms with Crippen molar-refractivity contribution in [1.82, 2.24) is 4.98 Å². The quantitative estimate of drug-likeness (QED) is 0.615. The number of thioether (sulfide) groups is 1. The number of benzene rings is 1. The fourth-order valence-electron chi connectivity index (χ4n) is 5.12. The summed E-state index contributed by atoms with van der Waals surface area (Å²) in [5.41, 5.74) is 0.751. The molecule has 2 aliphatic carbocycles. The first-order valence-electron chi connectivity index (χ1n) is 8.93. The number of para-hydroxylation sites is 1. The molecule has 1 aromatic heterocycles. The van der Waals surface area contributed by atoms with Crippen molar-refractivity contribution in [2.24, 2.45) is 17.8 Å². The molecule has 2 saturated carbocycles. The standard InChI is InChI=1S/C19H18N2O3S2/c22-19-20-18-17(26-19)13(15-11-5-6-12(9-11)16(15)25-18)8-7-10-3-1-2-4-14(10)21(23)24/h1-4,7-8,11-13,15-16H,5-6,9H2,(H,20,22)/b8-7+/t11-,12-,13+,15+,16-/m0/s1. The molecule has 5 nitrogen and oxygen atoms in total. The monoisotopic (exact) mass is 386 g/mol. The van der Waals surface area contributed by atoms with Gasteiger partial charge in [0.2, 0.25) is 0 Å². The Hall–Kier alpha value is -1.86. The van der Waals surface area contributed by atoms with Crippen LogP contribution in [-0.2, 0) is 0 Å². The molecule has 0 spiro atoms. The zero-order valence-corrected chi connectivity index (χ0v) is 15.6.